The molecule has 6 heteroatoms. The number of ether oxygens (including phenoxy) is 1. The summed E-state index contributed by atoms with van der Waals surface area (Å²) in [6.07, 6.45) is 2.08. The number of fused-ring (bicyclic) bond motifs is 1. The summed E-state index contributed by atoms with van der Waals surface area (Å²) >= 11 is 5.31. The fourth-order valence-electron chi connectivity index (χ4n) is 3.17. The Kier molecular flexibility index (Phi) is 4.92. The van der Waals surface area contributed by atoms with Gasteiger partial charge in [0.1, 0.15) is 5.75 Å². The molecular formula is C19H20BrN3OS. The SMILES string of the molecule is COc1ccc(Sc2c[nH]c3cc(Br)ccc23)cc1N1CCNCC1. The molecule has 0 spiro atoms. The molecule has 0 bridgehead atoms. The number of piperazine rings is 1. The Balaban J connectivity index is 1.65. The average Bonchev–Trinajstić information content (AvgIpc) is 3.04. The largest absolute Gasteiger partial charge is 0.495 e. The monoisotopic (exact) mass is 417 g/mol. The van der Waals surface area contributed by atoms with Gasteiger partial charge in [0.15, 0.2) is 0 Å². The second-order valence-corrected chi connectivity index (χ2v) is 8.05. The third kappa shape index (κ3) is 3.52. The molecular weight excluding hydrogens is 398 g/mol. The summed E-state index contributed by atoms with van der Waals surface area (Å²) in [7, 11) is 1.74. The summed E-state index contributed by atoms with van der Waals surface area (Å²) < 4.78 is 6.68. The van der Waals surface area contributed by atoms with E-state index in [0.29, 0.717) is 0 Å². The molecule has 2 aromatic carbocycles. The lowest BCUT2D eigenvalue weighted by atomic mass is 10.2. The molecule has 2 heterocycles. The second-order valence-electron chi connectivity index (χ2n) is 6.02. The van der Waals surface area contributed by atoms with Crippen molar-refractivity contribution in [3.63, 3.8) is 0 Å². The first-order valence-corrected chi connectivity index (χ1v) is 9.94. The fourth-order valence-corrected chi connectivity index (χ4v) is 4.50. The van der Waals surface area contributed by atoms with Gasteiger partial charge in [-0.2, -0.15) is 0 Å². The first kappa shape index (κ1) is 16.8. The van der Waals surface area contributed by atoms with Crippen molar-refractivity contribution in [3.05, 3.63) is 47.1 Å². The van der Waals surface area contributed by atoms with E-state index in [2.05, 4.69) is 73.7 Å². The highest BCUT2D eigenvalue weighted by molar-refractivity contribution is 9.10. The normalized spacial score (nSPS) is 14.9. The highest BCUT2D eigenvalue weighted by Gasteiger charge is 2.16. The zero-order valence-corrected chi connectivity index (χ0v) is 16.4. The lowest BCUT2D eigenvalue weighted by Gasteiger charge is -2.30. The van der Waals surface area contributed by atoms with Crippen LogP contribution < -0.4 is 15.0 Å². The van der Waals surface area contributed by atoms with Gasteiger partial charge in [-0.3, -0.25) is 0 Å². The van der Waals surface area contributed by atoms with E-state index in [9.17, 15) is 0 Å². The van der Waals surface area contributed by atoms with Crippen LogP contribution in [0.4, 0.5) is 5.69 Å². The molecule has 0 aliphatic carbocycles. The zero-order valence-electron chi connectivity index (χ0n) is 14.0. The Hall–Kier alpha value is -1.63. The molecule has 1 saturated heterocycles. The van der Waals surface area contributed by atoms with E-state index in [1.165, 1.54) is 20.9 Å². The van der Waals surface area contributed by atoms with Gasteiger partial charge >= 0.3 is 0 Å². The van der Waals surface area contributed by atoms with Crippen LogP contribution in [0.3, 0.4) is 0 Å². The average molecular weight is 418 g/mol. The van der Waals surface area contributed by atoms with E-state index in [1.807, 2.05) is 0 Å². The van der Waals surface area contributed by atoms with Crippen molar-refractivity contribution in [3.8, 4) is 5.75 Å². The number of aromatic nitrogens is 1. The Morgan fingerprint density at radius 3 is 2.76 bits per heavy atom. The van der Waals surface area contributed by atoms with E-state index in [4.69, 9.17) is 4.74 Å². The molecule has 2 N–H and O–H groups in total. The number of halogens is 1. The number of aromatic amines is 1. The molecule has 130 valence electrons. The zero-order chi connectivity index (χ0) is 17.2. The molecule has 25 heavy (non-hydrogen) atoms. The van der Waals surface area contributed by atoms with Gasteiger partial charge in [0.2, 0.25) is 0 Å². The van der Waals surface area contributed by atoms with Crippen LogP contribution in [-0.2, 0) is 0 Å². The lowest BCUT2D eigenvalue weighted by Crippen LogP contribution is -2.43. The summed E-state index contributed by atoms with van der Waals surface area (Å²) in [5.41, 5.74) is 2.32. The maximum atomic E-state index is 5.59. The Bertz CT molecular complexity index is 890. The number of rotatable bonds is 4. The number of nitrogens with one attached hydrogen (secondary N) is 2. The minimum atomic E-state index is 0.939. The molecule has 1 fully saturated rings. The smallest absolute Gasteiger partial charge is 0.142 e. The first-order valence-electron chi connectivity index (χ1n) is 8.33. The van der Waals surface area contributed by atoms with Gasteiger partial charge in [0.05, 0.1) is 12.8 Å². The molecule has 1 aliphatic heterocycles. The summed E-state index contributed by atoms with van der Waals surface area (Å²) in [5.74, 6) is 0.939. The van der Waals surface area contributed by atoms with Gasteiger partial charge in [-0.15, -0.1) is 0 Å². The van der Waals surface area contributed by atoms with Crippen LogP contribution in [0.25, 0.3) is 10.9 Å². The van der Waals surface area contributed by atoms with E-state index < -0.39 is 0 Å². The maximum Gasteiger partial charge on any atom is 0.142 e. The highest BCUT2D eigenvalue weighted by Crippen LogP contribution is 2.39. The van der Waals surface area contributed by atoms with E-state index in [0.717, 1.165) is 41.9 Å². The fraction of sp³-hybridized carbons (Fsp3) is 0.263. The minimum absolute atomic E-state index is 0.939. The van der Waals surface area contributed by atoms with Crippen molar-refractivity contribution in [2.24, 2.45) is 0 Å². The molecule has 4 nitrogen and oxygen atoms in total. The summed E-state index contributed by atoms with van der Waals surface area (Å²) in [5, 5.41) is 4.65. The van der Waals surface area contributed by atoms with Crippen molar-refractivity contribution < 1.29 is 4.74 Å². The standard InChI is InChI=1S/C19H20BrN3OS/c1-24-18-5-3-14(11-17(18)23-8-6-21-7-9-23)25-19-12-22-16-10-13(20)2-4-15(16)19/h2-5,10-12,21-22H,6-9H2,1H3. The van der Waals surface area contributed by atoms with Gasteiger partial charge in [0, 0.05) is 57.5 Å². The van der Waals surface area contributed by atoms with Crippen LogP contribution in [0, 0.1) is 0 Å². The Morgan fingerprint density at radius 1 is 1.12 bits per heavy atom. The third-order valence-electron chi connectivity index (χ3n) is 4.44. The quantitative estimate of drug-likeness (QED) is 0.655. The van der Waals surface area contributed by atoms with Crippen molar-refractivity contribution >= 4 is 44.3 Å². The second kappa shape index (κ2) is 7.32. The van der Waals surface area contributed by atoms with E-state index in [1.54, 1.807) is 18.9 Å². The highest BCUT2D eigenvalue weighted by atomic mass is 79.9. The number of hydrogen-bond donors (Lipinski definition) is 2. The topological polar surface area (TPSA) is 40.3 Å². The van der Waals surface area contributed by atoms with E-state index >= 15 is 0 Å². The Labute approximate surface area is 160 Å². The molecule has 0 radical (unpaired) electrons. The van der Waals surface area contributed by atoms with Gasteiger partial charge in [-0.1, -0.05) is 33.8 Å². The number of nitrogens with zero attached hydrogens (tertiary/aromatic N) is 1. The van der Waals surface area contributed by atoms with Crippen molar-refractivity contribution in [1.29, 1.82) is 0 Å². The molecule has 0 amide bonds. The molecule has 3 aromatic rings. The first-order chi connectivity index (χ1) is 12.2. The Morgan fingerprint density at radius 2 is 1.96 bits per heavy atom. The van der Waals surface area contributed by atoms with Gasteiger partial charge in [-0.05, 0) is 30.3 Å². The van der Waals surface area contributed by atoms with Crippen LogP contribution in [0.2, 0.25) is 0 Å². The molecule has 1 aliphatic rings. The van der Waals surface area contributed by atoms with Crippen molar-refractivity contribution in [1.82, 2.24) is 10.3 Å². The van der Waals surface area contributed by atoms with Gasteiger partial charge < -0.3 is 19.9 Å². The van der Waals surface area contributed by atoms with E-state index in [-0.39, 0.29) is 0 Å². The lowest BCUT2D eigenvalue weighted by molar-refractivity contribution is 0.412. The number of H-pyrrole nitrogens is 1. The molecule has 0 atom stereocenters. The number of benzene rings is 2. The van der Waals surface area contributed by atoms with Crippen LogP contribution >= 0.6 is 27.7 Å². The summed E-state index contributed by atoms with van der Waals surface area (Å²) in [4.78, 5) is 8.21. The summed E-state index contributed by atoms with van der Waals surface area (Å²) in [6.45, 7) is 4.03. The molecule has 0 saturated carbocycles. The van der Waals surface area contributed by atoms with Gasteiger partial charge in [0.25, 0.3) is 0 Å². The number of hydrogen-bond acceptors (Lipinski definition) is 4. The van der Waals surface area contributed by atoms with Crippen molar-refractivity contribution in [2.75, 3.05) is 38.2 Å². The maximum absolute atomic E-state index is 5.59. The molecule has 0 unspecified atom stereocenters. The molecule has 4 rings (SSSR count). The summed E-state index contributed by atoms with van der Waals surface area (Å²) in [6, 6.07) is 12.8. The van der Waals surface area contributed by atoms with Crippen LogP contribution in [0.1, 0.15) is 0 Å². The predicted octanol–water partition coefficient (Wildman–Crippen LogP) is 4.50. The third-order valence-corrected chi connectivity index (χ3v) is 5.98. The minimum Gasteiger partial charge on any atom is -0.495 e. The van der Waals surface area contributed by atoms with Crippen LogP contribution in [0.5, 0.6) is 5.75 Å². The number of methoxy groups -OCH3 is 1. The van der Waals surface area contributed by atoms with Crippen molar-refractivity contribution in [2.45, 2.75) is 9.79 Å². The van der Waals surface area contributed by atoms with Crippen LogP contribution in [-0.4, -0.2) is 38.3 Å². The predicted molar refractivity (Wildman–Crippen MR) is 108 cm³/mol. The van der Waals surface area contributed by atoms with Crippen LogP contribution in [0.15, 0.2) is 56.9 Å². The van der Waals surface area contributed by atoms with Gasteiger partial charge in [-0.25, -0.2) is 0 Å². The number of anilines is 1. The molecule has 1 aromatic heterocycles.